The van der Waals surface area contributed by atoms with Gasteiger partial charge < -0.3 is 19.1 Å². The molecule has 0 bridgehead atoms. The lowest BCUT2D eigenvalue weighted by Crippen LogP contribution is -1.92. The SMILES string of the molecule is COc1cc(OC)cc(-c2onc(-c3cccc(F)c3)c2CO)c1. The first kappa shape index (κ1) is 16.0. The molecule has 124 valence electrons. The molecule has 6 heteroatoms. The lowest BCUT2D eigenvalue weighted by atomic mass is 10.0. The minimum atomic E-state index is -0.385. The molecule has 24 heavy (non-hydrogen) atoms. The molecule has 0 amide bonds. The maximum Gasteiger partial charge on any atom is 0.173 e. The first-order chi connectivity index (χ1) is 11.7. The van der Waals surface area contributed by atoms with Crippen molar-refractivity contribution in [3.8, 4) is 34.1 Å². The van der Waals surface area contributed by atoms with Crippen LogP contribution < -0.4 is 9.47 Å². The molecule has 0 saturated heterocycles. The van der Waals surface area contributed by atoms with E-state index in [4.69, 9.17) is 14.0 Å². The Morgan fingerprint density at radius 2 is 1.75 bits per heavy atom. The van der Waals surface area contributed by atoms with Crippen LogP contribution in [-0.4, -0.2) is 24.5 Å². The fraction of sp³-hybridized carbons (Fsp3) is 0.167. The first-order valence-electron chi connectivity index (χ1n) is 7.25. The van der Waals surface area contributed by atoms with Crippen molar-refractivity contribution in [3.05, 3.63) is 53.8 Å². The average Bonchev–Trinajstić information content (AvgIpc) is 3.05. The molecule has 1 N–H and O–H groups in total. The topological polar surface area (TPSA) is 64.7 Å². The minimum Gasteiger partial charge on any atom is -0.497 e. The molecule has 0 aliphatic carbocycles. The van der Waals surface area contributed by atoms with Gasteiger partial charge in [0.1, 0.15) is 23.0 Å². The van der Waals surface area contributed by atoms with Crippen molar-refractivity contribution in [1.82, 2.24) is 5.16 Å². The Hall–Kier alpha value is -2.86. The Bertz CT molecular complexity index is 838. The standard InChI is InChI=1S/C18H16FNO4/c1-22-14-7-12(8-15(9-14)23-2)18-16(10-21)17(20-24-18)11-4-3-5-13(19)6-11/h3-9,21H,10H2,1-2H3. The predicted molar refractivity (Wildman–Crippen MR) is 86.4 cm³/mol. The summed E-state index contributed by atoms with van der Waals surface area (Å²) >= 11 is 0. The molecular formula is C18H16FNO4. The van der Waals surface area contributed by atoms with E-state index in [2.05, 4.69) is 5.16 Å². The summed E-state index contributed by atoms with van der Waals surface area (Å²) in [7, 11) is 3.09. The van der Waals surface area contributed by atoms with Gasteiger partial charge in [-0.1, -0.05) is 17.3 Å². The molecule has 0 unspecified atom stereocenters. The van der Waals surface area contributed by atoms with Gasteiger partial charge in [0.15, 0.2) is 5.76 Å². The third kappa shape index (κ3) is 2.96. The van der Waals surface area contributed by atoms with E-state index in [1.165, 1.54) is 12.1 Å². The van der Waals surface area contributed by atoms with Crippen LogP contribution in [-0.2, 0) is 6.61 Å². The van der Waals surface area contributed by atoms with Crippen LogP contribution in [0.15, 0.2) is 47.0 Å². The van der Waals surface area contributed by atoms with Crippen LogP contribution in [0.25, 0.3) is 22.6 Å². The monoisotopic (exact) mass is 329 g/mol. The second-order valence-corrected chi connectivity index (χ2v) is 5.11. The van der Waals surface area contributed by atoms with Crippen LogP contribution >= 0.6 is 0 Å². The van der Waals surface area contributed by atoms with Gasteiger partial charge in [-0.2, -0.15) is 0 Å². The van der Waals surface area contributed by atoms with E-state index in [-0.39, 0.29) is 12.4 Å². The molecule has 5 nitrogen and oxygen atoms in total. The number of rotatable bonds is 5. The van der Waals surface area contributed by atoms with Gasteiger partial charge in [-0.05, 0) is 24.3 Å². The number of benzene rings is 2. The van der Waals surface area contributed by atoms with E-state index in [9.17, 15) is 9.50 Å². The van der Waals surface area contributed by atoms with Crippen molar-refractivity contribution in [2.24, 2.45) is 0 Å². The zero-order chi connectivity index (χ0) is 17.1. The number of hydrogen-bond acceptors (Lipinski definition) is 5. The molecule has 0 aliphatic rings. The number of hydrogen-bond donors (Lipinski definition) is 1. The molecule has 3 aromatic rings. The van der Waals surface area contributed by atoms with E-state index in [0.717, 1.165) is 0 Å². The molecule has 0 fully saturated rings. The summed E-state index contributed by atoms with van der Waals surface area (Å²) in [6.07, 6.45) is 0. The Morgan fingerprint density at radius 1 is 1.04 bits per heavy atom. The van der Waals surface area contributed by atoms with Crippen molar-refractivity contribution < 1.29 is 23.5 Å². The highest BCUT2D eigenvalue weighted by Gasteiger charge is 2.20. The molecule has 3 rings (SSSR count). The minimum absolute atomic E-state index is 0.301. The summed E-state index contributed by atoms with van der Waals surface area (Å²) in [5.41, 5.74) is 2.04. The number of ether oxygens (including phenoxy) is 2. The molecule has 2 aromatic carbocycles. The predicted octanol–water partition coefficient (Wildman–Crippen LogP) is 3.66. The van der Waals surface area contributed by atoms with Crippen molar-refractivity contribution in [3.63, 3.8) is 0 Å². The van der Waals surface area contributed by atoms with Gasteiger partial charge >= 0.3 is 0 Å². The zero-order valence-electron chi connectivity index (χ0n) is 13.2. The molecule has 0 atom stereocenters. The van der Waals surface area contributed by atoms with Gasteiger partial charge in [-0.3, -0.25) is 0 Å². The maximum absolute atomic E-state index is 13.5. The van der Waals surface area contributed by atoms with Crippen LogP contribution in [0, 0.1) is 5.82 Å². The third-order valence-electron chi connectivity index (χ3n) is 3.66. The Labute approximate surface area is 138 Å². The summed E-state index contributed by atoms with van der Waals surface area (Å²) in [6, 6.07) is 11.2. The molecule has 1 aromatic heterocycles. The summed E-state index contributed by atoms with van der Waals surface area (Å²) in [5, 5.41) is 13.8. The normalized spacial score (nSPS) is 10.7. The van der Waals surface area contributed by atoms with E-state index < -0.39 is 0 Å². The van der Waals surface area contributed by atoms with Crippen molar-refractivity contribution in [2.45, 2.75) is 6.61 Å². The van der Waals surface area contributed by atoms with Gasteiger partial charge in [0.2, 0.25) is 0 Å². The summed E-state index contributed by atoms with van der Waals surface area (Å²) in [5.74, 6) is 1.16. The smallest absolute Gasteiger partial charge is 0.173 e. The second-order valence-electron chi connectivity index (χ2n) is 5.11. The quantitative estimate of drug-likeness (QED) is 0.774. The number of halogens is 1. The van der Waals surface area contributed by atoms with Crippen LogP contribution in [0.3, 0.4) is 0 Å². The van der Waals surface area contributed by atoms with E-state index in [1.807, 2.05) is 0 Å². The van der Waals surface area contributed by atoms with Crippen LogP contribution in [0.5, 0.6) is 11.5 Å². The van der Waals surface area contributed by atoms with Gasteiger partial charge in [0.25, 0.3) is 0 Å². The Morgan fingerprint density at radius 3 is 2.33 bits per heavy atom. The summed E-state index contributed by atoms with van der Waals surface area (Å²) < 4.78 is 29.4. The van der Waals surface area contributed by atoms with Gasteiger partial charge in [0, 0.05) is 17.2 Å². The molecule has 0 spiro atoms. The maximum atomic E-state index is 13.5. The third-order valence-corrected chi connectivity index (χ3v) is 3.66. The Kier molecular flexibility index (Phi) is 4.48. The molecular weight excluding hydrogens is 313 g/mol. The number of aliphatic hydroxyl groups is 1. The summed E-state index contributed by atoms with van der Waals surface area (Å²) in [6.45, 7) is -0.301. The molecule has 0 aliphatic heterocycles. The van der Waals surface area contributed by atoms with Crippen molar-refractivity contribution in [2.75, 3.05) is 14.2 Å². The van der Waals surface area contributed by atoms with Gasteiger partial charge in [-0.25, -0.2) is 4.39 Å². The van der Waals surface area contributed by atoms with Crippen LogP contribution in [0.2, 0.25) is 0 Å². The molecule has 1 heterocycles. The highest BCUT2D eigenvalue weighted by molar-refractivity contribution is 5.74. The average molecular weight is 329 g/mol. The number of aliphatic hydroxyl groups excluding tert-OH is 1. The fourth-order valence-electron chi connectivity index (χ4n) is 2.48. The number of aromatic nitrogens is 1. The summed E-state index contributed by atoms with van der Waals surface area (Å²) in [4.78, 5) is 0. The highest BCUT2D eigenvalue weighted by Crippen LogP contribution is 2.36. The van der Waals surface area contributed by atoms with Crippen LogP contribution in [0.1, 0.15) is 5.56 Å². The number of methoxy groups -OCH3 is 2. The lowest BCUT2D eigenvalue weighted by Gasteiger charge is -2.07. The molecule has 0 radical (unpaired) electrons. The lowest BCUT2D eigenvalue weighted by molar-refractivity contribution is 0.281. The van der Waals surface area contributed by atoms with Gasteiger partial charge in [-0.15, -0.1) is 0 Å². The van der Waals surface area contributed by atoms with E-state index in [0.29, 0.717) is 39.6 Å². The van der Waals surface area contributed by atoms with E-state index >= 15 is 0 Å². The van der Waals surface area contributed by atoms with Gasteiger partial charge in [0.05, 0.1) is 26.4 Å². The molecule has 0 saturated carbocycles. The van der Waals surface area contributed by atoms with Crippen molar-refractivity contribution in [1.29, 1.82) is 0 Å². The second kappa shape index (κ2) is 6.72. The van der Waals surface area contributed by atoms with Crippen LogP contribution in [0.4, 0.5) is 4.39 Å². The fourth-order valence-corrected chi connectivity index (χ4v) is 2.48. The zero-order valence-corrected chi connectivity index (χ0v) is 13.2. The largest absolute Gasteiger partial charge is 0.497 e. The highest BCUT2D eigenvalue weighted by atomic mass is 19.1. The van der Waals surface area contributed by atoms with Crippen molar-refractivity contribution >= 4 is 0 Å². The van der Waals surface area contributed by atoms with E-state index in [1.54, 1.807) is 44.6 Å². The Balaban J connectivity index is 2.13. The first-order valence-corrected chi connectivity index (χ1v) is 7.25. The number of nitrogens with zero attached hydrogens (tertiary/aromatic N) is 1.